The van der Waals surface area contributed by atoms with E-state index in [4.69, 9.17) is 0 Å². The molecule has 2 heterocycles. The van der Waals surface area contributed by atoms with Gasteiger partial charge in [-0.1, -0.05) is 30.3 Å². The zero-order chi connectivity index (χ0) is 11.5. The van der Waals surface area contributed by atoms with E-state index in [2.05, 4.69) is 32.4 Å². The van der Waals surface area contributed by atoms with Gasteiger partial charge in [0.05, 0.1) is 12.0 Å². The Morgan fingerprint density at radius 1 is 1.06 bits per heavy atom. The van der Waals surface area contributed by atoms with Gasteiger partial charge in [0.25, 0.3) is 0 Å². The summed E-state index contributed by atoms with van der Waals surface area (Å²) >= 11 is 0. The van der Waals surface area contributed by atoms with Gasteiger partial charge < -0.3 is 10.3 Å². The SMILES string of the molecule is c1ccc(CNc2ccnc3nc[nH]c23)cc1. The number of anilines is 1. The molecule has 0 spiro atoms. The standard InChI is InChI=1S/C13H12N4/c1-2-4-10(5-3-1)8-15-11-6-7-14-13-12(11)16-9-17-13/h1-7,9H,8H2,(H2,14,15,16,17). The molecule has 3 rings (SSSR count). The average molecular weight is 224 g/mol. The normalized spacial score (nSPS) is 10.6. The first-order chi connectivity index (χ1) is 8.43. The molecule has 4 nitrogen and oxygen atoms in total. The van der Waals surface area contributed by atoms with Crippen molar-refractivity contribution in [3.63, 3.8) is 0 Å². The van der Waals surface area contributed by atoms with Gasteiger partial charge in [-0.25, -0.2) is 9.97 Å². The Morgan fingerprint density at radius 3 is 2.82 bits per heavy atom. The predicted octanol–water partition coefficient (Wildman–Crippen LogP) is 2.57. The summed E-state index contributed by atoms with van der Waals surface area (Å²) in [6.07, 6.45) is 3.42. The summed E-state index contributed by atoms with van der Waals surface area (Å²) in [6, 6.07) is 12.2. The van der Waals surface area contributed by atoms with E-state index >= 15 is 0 Å². The van der Waals surface area contributed by atoms with E-state index in [0.717, 1.165) is 23.4 Å². The van der Waals surface area contributed by atoms with E-state index in [1.807, 2.05) is 24.3 Å². The number of hydrogen-bond donors (Lipinski definition) is 2. The van der Waals surface area contributed by atoms with Crippen LogP contribution in [0.1, 0.15) is 5.56 Å². The Bertz CT molecular complexity index is 615. The molecule has 0 amide bonds. The molecule has 1 aromatic carbocycles. The van der Waals surface area contributed by atoms with Crippen molar-refractivity contribution in [3.05, 3.63) is 54.5 Å². The van der Waals surface area contributed by atoms with Crippen LogP contribution in [0.4, 0.5) is 5.69 Å². The van der Waals surface area contributed by atoms with Gasteiger partial charge in [0, 0.05) is 12.7 Å². The second-order valence-electron chi connectivity index (χ2n) is 3.80. The summed E-state index contributed by atoms with van der Waals surface area (Å²) in [5.74, 6) is 0. The van der Waals surface area contributed by atoms with Gasteiger partial charge in [0.2, 0.25) is 0 Å². The van der Waals surface area contributed by atoms with Crippen molar-refractivity contribution in [2.45, 2.75) is 6.54 Å². The molecule has 2 N–H and O–H groups in total. The van der Waals surface area contributed by atoms with Gasteiger partial charge in [-0.2, -0.15) is 0 Å². The van der Waals surface area contributed by atoms with Crippen LogP contribution in [0, 0.1) is 0 Å². The molecule has 0 fully saturated rings. The van der Waals surface area contributed by atoms with E-state index in [1.54, 1.807) is 12.5 Å². The Labute approximate surface area is 98.7 Å². The maximum absolute atomic E-state index is 4.17. The minimum absolute atomic E-state index is 0.739. The number of fused-ring (bicyclic) bond motifs is 1. The average Bonchev–Trinajstić information content (AvgIpc) is 2.86. The van der Waals surface area contributed by atoms with Gasteiger partial charge in [0.1, 0.15) is 5.52 Å². The van der Waals surface area contributed by atoms with E-state index < -0.39 is 0 Å². The quantitative estimate of drug-likeness (QED) is 0.719. The number of pyridine rings is 1. The zero-order valence-electron chi connectivity index (χ0n) is 9.22. The van der Waals surface area contributed by atoms with Gasteiger partial charge in [-0.05, 0) is 11.6 Å². The summed E-state index contributed by atoms with van der Waals surface area (Å²) in [5.41, 5.74) is 3.96. The van der Waals surface area contributed by atoms with E-state index in [-0.39, 0.29) is 0 Å². The molecule has 3 aromatic rings. The van der Waals surface area contributed by atoms with Crippen LogP contribution in [0.3, 0.4) is 0 Å². The number of benzene rings is 1. The van der Waals surface area contributed by atoms with Crippen LogP contribution in [-0.4, -0.2) is 15.0 Å². The molecule has 0 radical (unpaired) electrons. The number of nitrogens with zero attached hydrogens (tertiary/aromatic N) is 2. The fourth-order valence-corrected chi connectivity index (χ4v) is 1.79. The molecule has 0 aliphatic rings. The second kappa shape index (κ2) is 4.25. The molecule has 0 saturated heterocycles. The van der Waals surface area contributed by atoms with E-state index in [1.165, 1.54) is 5.56 Å². The molecule has 0 saturated carbocycles. The van der Waals surface area contributed by atoms with Gasteiger partial charge in [0.15, 0.2) is 5.65 Å². The molecular weight excluding hydrogens is 212 g/mol. The molecule has 2 aromatic heterocycles. The van der Waals surface area contributed by atoms with Gasteiger partial charge >= 0.3 is 0 Å². The van der Waals surface area contributed by atoms with Crippen molar-refractivity contribution >= 4 is 16.9 Å². The first-order valence-electron chi connectivity index (χ1n) is 5.49. The molecule has 0 aliphatic carbocycles. The fraction of sp³-hybridized carbons (Fsp3) is 0.0769. The smallest absolute Gasteiger partial charge is 0.179 e. The molecule has 4 heteroatoms. The van der Waals surface area contributed by atoms with Crippen molar-refractivity contribution in [2.75, 3.05) is 5.32 Å². The monoisotopic (exact) mass is 224 g/mol. The predicted molar refractivity (Wildman–Crippen MR) is 67.7 cm³/mol. The summed E-state index contributed by atoms with van der Waals surface area (Å²) in [7, 11) is 0. The number of hydrogen-bond acceptors (Lipinski definition) is 3. The lowest BCUT2D eigenvalue weighted by molar-refractivity contribution is 1.15. The van der Waals surface area contributed by atoms with Crippen molar-refractivity contribution in [3.8, 4) is 0 Å². The first-order valence-corrected chi connectivity index (χ1v) is 5.49. The Balaban J connectivity index is 1.84. The number of nitrogens with one attached hydrogen (secondary N) is 2. The summed E-state index contributed by atoms with van der Waals surface area (Å²) in [4.78, 5) is 11.4. The molecule has 0 atom stereocenters. The lowest BCUT2D eigenvalue weighted by atomic mass is 10.2. The molecule has 0 aliphatic heterocycles. The van der Waals surface area contributed by atoms with Crippen LogP contribution in [0.25, 0.3) is 11.2 Å². The van der Waals surface area contributed by atoms with Crippen molar-refractivity contribution in [1.82, 2.24) is 15.0 Å². The van der Waals surface area contributed by atoms with E-state index in [0.29, 0.717) is 0 Å². The third-order valence-corrected chi connectivity index (χ3v) is 2.65. The first kappa shape index (κ1) is 9.84. The van der Waals surface area contributed by atoms with Crippen LogP contribution >= 0.6 is 0 Å². The fourth-order valence-electron chi connectivity index (χ4n) is 1.79. The van der Waals surface area contributed by atoms with Crippen LogP contribution in [0.2, 0.25) is 0 Å². The molecule has 0 bridgehead atoms. The van der Waals surface area contributed by atoms with Crippen molar-refractivity contribution in [1.29, 1.82) is 0 Å². The number of aromatic amines is 1. The highest BCUT2D eigenvalue weighted by atomic mass is 15.0. The third-order valence-electron chi connectivity index (χ3n) is 2.65. The highest BCUT2D eigenvalue weighted by Crippen LogP contribution is 2.18. The molecular formula is C13H12N4. The summed E-state index contributed by atoms with van der Waals surface area (Å²) < 4.78 is 0. The molecule has 17 heavy (non-hydrogen) atoms. The minimum atomic E-state index is 0.739. The second-order valence-corrected chi connectivity index (χ2v) is 3.80. The van der Waals surface area contributed by atoms with Gasteiger partial charge in [-0.15, -0.1) is 0 Å². The zero-order valence-corrected chi connectivity index (χ0v) is 9.22. The van der Waals surface area contributed by atoms with Gasteiger partial charge in [-0.3, -0.25) is 0 Å². The number of rotatable bonds is 3. The number of aromatic nitrogens is 3. The van der Waals surface area contributed by atoms with Crippen LogP contribution in [-0.2, 0) is 6.54 Å². The molecule has 84 valence electrons. The number of imidazole rings is 1. The molecule has 0 unspecified atom stereocenters. The maximum Gasteiger partial charge on any atom is 0.179 e. The highest BCUT2D eigenvalue weighted by Gasteiger charge is 2.02. The van der Waals surface area contributed by atoms with Crippen LogP contribution < -0.4 is 5.32 Å². The Morgan fingerprint density at radius 2 is 1.94 bits per heavy atom. The van der Waals surface area contributed by atoms with Crippen molar-refractivity contribution in [2.24, 2.45) is 0 Å². The Hall–Kier alpha value is -2.36. The minimum Gasteiger partial charge on any atom is -0.379 e. The summed E-state index contributed by atoms with van der Waals surface area (Å²) in [6.45, 7) is 0.791. The highest BCUT2D eigenvalue weighted by molar-refractivity contribution is 5.84. The largest absolute Gasteiger partial charge is 0.379 e. The topological polar surface area (TPSA) is 53.6 Å². The van der Waals surface area contributed by atoms with Crippen molar-refractivity contribution < 1.29 is 0 Å². The maximum atomic E-state index is 4.17. The van der Waals surface area contributed by atoms with Crippen LogP contribution in [0.15, 0.2) is 48.9 Å². The summed E-state index contributed by atoms with van der Waals surface area (Å²) in [5, 5.41) is 3.38. The lowest BCUT2D eigenvalue weighted by Gasteiger charge is -2.06. The van der Waals surface area contributed by atoms with Crippen LogP contribution in [0.5, 0.6) is 0 Å². The van der Waals surface area contributed by atoms with E-state index in [9.17, 15) is 0 Å². The lowest BCUT2D eigenvalue weighted by Crippen LogP contribution is -2.00. The Kier molecular flexibility index (Phi) is 2.46. The number of H-pyrrole nitrogens is 1. The third kappa shape index (κ3) is 1.97.